The molecule has 1 heterocycles. The number of sulfonamides is 1. The smallest absolute Gasteiger partial charge is 0.214 e. The number of rotatable bonds is 9. The molecule has 166 valence electrons. The van der Waals surface area contributed by atoms with Gasteiger partial charge in [0.2, 0.25) is 10.0 Å². The van der Waals surface area contributed by atoms with Gasteiger partial charge in [-0.25, -0.2) is 12.7 Å². The number of hydrogen-bond acceptors (Lipinski definition) is 4. The fourth-order valence-corrected chi connectivity index (χ4v) is 4.52. The summed E-state index contributed by atoms with van der Waals surface area (Å²) in [6.07, 6.45) is 1.73. The van der Waals surface area contributed by atoms with Gasteiger partial charge in [-0.2, -0.15) is 0 Å². The van der Waals surface area contributed by atoms with Crippen LogP contribution < -0.4 is 15.4 Å². The summed E-state index contributed by atoms with van der Waals surface area (Å²) in [5.74, 6) is 2.40. The van der Waals surface area contributed by atoms with Crippen molar-refractivity contribution in [1.82, 2.24) is 14.9 Å². The second-order valence-corrected chi connectivity index (χ2v) is 9.65. The van der Waals surface area contributed by atoms with Crippen LogP contribution in [0, 0.1) is 12.8 Å². The van der Waals surface area contributed by atoms with Gasteiger partial charge in [-0.15, -0.1) is 24.0 Å². The van der Waals surface area contributed by atoms with E-state index in [-0.39, 0.29) is 29.7 Å². The molecule has 1 saturated heterocycles. The van der Waals surface area contributed by atoms with Crippen molar-refractivity contribution in [3.05, 3.63) is 29.3 Å². The highest BCUT2D eigenvalue weighted by atomic mass is 127. The molecule has 0 unspecified atom stereocenters. The maximum atomic E-state index is 11.8. The van der Waals surface area contributed by atoms with Crippen LogP contribution in [-0.2, 0) is 16.6 Å². The molecule has 0 atom stereocenters. The molecule has 1 aliphatic heterocycles. The average molecular weight is 538 g/mol. The number of nitrogens with zero attached hydrogens (tertiary/aromatic N) is 2. The topological polar surface area (TPSA) is 83.0 Å². The second-order valence-electron chi connectivity index (χ2n) is 7.56. The fraction of sp³-hybridized carbons (Fsp3) is 0.650. The second kappa shape index (κ2) is 12.6. The maximum Gasteiger partial charge on any atom is 0.214 e. The molecule has 0 saturated carbocycles. The Hall–Kier alpha value is -1.07. The first-order chi connectivity index (χ1) is 13.3. The van der Waals surface area contributed by atoms with Crippen LogP contribution in [0.4, 0.5) is 0 Å². The molecule has 0 amide bonds. The van der Waals surface area contributed by atoms with Crippen molar-refractivity contribution in [3.63, 3.8) is 0 Å². The van der Waals surface area contributed by atoms with Crippen molar-refractivity contribution in [2.75, 3.05) is 39.0 Å². The van der Waals surface area contributed by atoms with Gasteiger partial charge >= 0.3 is 0 Å². The van der Waals surface area contributed by atoms with E-state index in [0.717, 1.165) is 23.3 Å². The molecule has 0 aromatic heterocycles. The van der Waals surface area contributed by atoms with Crippen molar-refractivity contribution in [1.29, 1.82) is 0 Å². The first-order valence-corrected chi connectivity index (χ1v) is 11.6. The summed E-state index contributed by atoms with van der Waals surface area (Å²) < 4.78 is 31.2. The van der Waals surface area contributed by atoms with Crippen molar-refractivity contribution in [2.45, 2.75) is 40.2 Å². The lowest BCUT2D eigenvalue weighted by molar-refractivity contribution is 0.286. The molecule has 1 aromatic rings. The van der Waals surface area contributed by atoms with E-state index in [9.17, 15) is 8.42 Å². The summed E-state index contributed by atoms with van der Waals surface area (Å²) in [6, 6.07) is 6.20. The summed E-state index contributed by atoms with van der Waals surface area (Å²) in [7, 11) is -1.35. The number of guanidine groups is 1. The van der Waals surface area contributed by atoms with Crippen LogP contribution in [0.25, 0.3) is 0 Å². The molecule has 0 radical (unpaired) electrons. The van der Waals surface area contributed by atoms with Crippen LogP contribution >= 0.6 is 24.0 Å². The predicted octanol–water partition coefficient (Wildman–Crippen LogP) is 2.74. The van der Waals surface area contributed by atoms with Gasteiger partial charge in [0, 0.05) is 38.8 Å². The zero-order chi connectivity index (χ0) is 20.6. The minimum Gasteiger partial charge on any atom is -0.493 e. The molecule has 2 rings (SSSR count). The normalized spacial score (nSPS) is 16.5. The van der Waals surface area contributed by atoms with Crippen LogP contribution in [0.1, 0.15) is 37.8 Å². The lowest BCUT2D eigenvalue weighted by Crippen LogP contribution is -2.41. The van der Waals surface area contributed by atoms with Gasteiger partial charge < -0.3 is 15.4 Å². The van der Waals surface area contributed by atoms with E-state index in [1.807, 2.05) is 0 Å². The third-order valence-electron chi connectivity index (χ3n) is 4.70. The van der Waals surface area contributed by atoms with Gasteiger partial charge in [0.05, 0.1) is 12.4 Å². The quantitative estimate of drug-likeness (QED) is 0.287. The molecule has 7 nitrogen and oxygen atoms in total. The molecule has 2 N–H and O–H groups in total. The van der Waals surface area contributed by atoms with E-state index in [4.69, 9.17) is 4.74 Å². The highest BCUT2D eigenvalue weighted by Gasteiger charge is 2.27. The largest absolute Gasteiger partial charge is 0.493 e. The monoisotopic (exact) mass is 538 g/mol. The summed E-state index contributed by atoms with van der Waals surface area (Å²) in [5, 5.41) is 6.47. The fourth-order valence-electron chi connectivity index (χ4n) is 2.99. The number of halogens is 1. The Morgan fingerprint density at radius 2 is 2.07 bits per heavy atom. The van der Waals surface area contributed by atoms with Crippen LogP contribution in [0.3, 0.4) is 0 Å². The van der Waals surface area contributed by atoms with Gasteiger partial charge in [-0.05, 0) is 37.3 Å². The Morgan fingerprint density at radius 3 is 2.69 bits per heavy atom. The molecule has 9 heteroatoms. The Bertz CT molecular complexity index is 769. The number of benzene rings is 1. The summed E-state index contributed by atoms with van der Waals surface area (Å²) >= 11 is 0. The van der Waals surface area contributed by atoms with Crippen molar-refractivity contribution < 1.29 is 13.2 Å². The first-order valence-electron chi connectivity index (χ1n) is 9.96. The van der Waals surface area contributed by atoms with E-state index < -0.39 is 10.0 Å². The lowest BCUT2D eigenvalue weighted by atomic mass is 10.1. The highest BCUT2D eigenvalue weighted by molar-refractivity contribution is 14.0. The summed E-state index contributed by atoms with van der Waals surface area (Å²) in [5.41, 5.74) is 2.23. The number of ether oxygens (including phenoxy) is 1. The zero-order valence-electron chi connectivity index (χ0n) is 17.9. The van der Waals surface area contributed by atoms with E-state index in [0.29, 0.717) is 51.1 Å². The standard InChI is InChI=1S/C20H34N4O3S.HI/c1-16(2)8-12-27-19-14-17(3)6-7-18(19)15-23-20(21-4)22-9-11-24-10-5-13-28(24,25)26;/h6-7,14,16H,5,8-13,15H2,1-4H3,(H2,21,22,23);1H. The van der Waals surface area contributed by atoms with Crippen molar-refractivity contribution in [2.24, 2.45) is 10.9 Å². The predicted molar refractivity (Wildman–Crippen MR) is 130 cm³/mol. The average Bonchev–Trinajstić information content (AvgIpc) is 2.97. The maximum absolute atomic E-state index is 11.8. The van der Waals surface area contributed by atoms with E-state index in [1.54, 1.807) is 7.05 Å². The molecule has 0 bridgehead atoms. The molecular weight excluding hydrogens is 503 g/mol. The van der Waals surface area contributed by atoms with Crippen LogP contribution in [0.2, 0.25) is 0 Å². The first kappa shape index (κ1) is 26.0. The van der Waals surface area contributed by atoms with Crippen LogP contribution in [-0.4, -0.2) is 57.7 Å². The van der Waals surface area contributed by atoms with Crippen LogP contribution in [0.5, 0.6) is 5.75 Å². The number of aryl methyl sites for hydroxylation is 1. The molecule has 1 aliphatic rings. The Balaban J connectivity index is 0.00000420. The van der Waals surface area contributed by atoms with Gasteiger partial charge in [-0.1, -0.05) is 26.0 Å². The molecular formula is C20H35IN4O3S. The molecule has 1 aromatic carbocycles. The van der Waals surface area contributed by atoms with Gasteiger partial charge in [-0.3, -0.25) is 4.99 Å². The summed E-state index contributed by atoms with van der Waals surface area (Å²) in [4.78, 5) is 4.22. The Morgan fingerprint density at radius 1 is 1.31 bits per heavy atom. The molecule has 1 fully saturated rings. The SMILES string of the molecule is CN=C(NCCN1CCCS1(=O)=O)NCc1ccc(C)cc1OCCC(C)C.I. The van der Waals surface area contributed by atoms with E-state index in [1.165, 1.54) is 4.31 Å². The van der Waals surface area contributed by atoms with Crippen LogP contribution in [0.15, 0.2) is 23.2 Å². The summed E-state index contributed by atoms with van der Waals surface area (Å²) in [6.45, 7) is 9.29. The third kappa shape index (κ3) is 8.67. The number of aliphatic imine (C=N–C) groups is 1. The molecule has 0 spiro atoms. The van der Waals surface area contributed by atoms with Crippen molar-refractivity contribution in [3.8, 4) is 5.75 Å². The lowest BCUT2D eigenvalue weighted by Gasteiger charge is -2.18. The molecule has 29 heavy (non-hydrogen) atoms. The van der Waals surface area contributed by atoms with Gasteiger partial charge in [0.15, 0.2) is 5.96 Å². The third-order valence-corrected chi connectivity index (χ3v) is 6.66. The van der Waals surface area contributed by atoms with E-state index >= 15 is 0 Å². The highest BCUT2D eigenvalue weighted by Crippen LogP contribution is 2.21. The molecule has 0 aliphatic carbocycles. The van der Waals surface area contributed by atoms with E-state index in [2.05, 4.69) is 54.6 Å². The van der Waals surface area contributed by atoms with Gasteiger partial charge in [0.25, 0.3) is 0 Å². The number of hydrogen-bond donors (Lipinski definition) is 2. The van der Waals surface area contributed by atoms with Gasteiger partial charge in [0.1, 0.15) is 5.75 Å². The number of nitrogens with one attached hydrogen (secondary N) is 2. The minimum atomic E-state index is -3.06. The Kier molecular flexibility index (Phi) is 11.3. The zero-order valence-corrected chi connectivity index (χ0v) is 21.0. The minimum absolute atomic E-state index is 0. The Labute approximate surface area is 192 Å². The van der Waals surface area contributed by atoms with Crippen molar-refractivity contribution >= 4 is 40.0 Å².